The van der Waals surface area contributed by atoms with Crippen molar-refractivity contribution in [3.05, 3.63) is 53.4 Å². The first-order valence-electron chi connectivity index (χ1n) is 8.48. The molecule has 1 aliphatic heterocycles. The first-order valence-corrected chi connectivity index (χ1v) is 9.36. The number of carbonyl (C=O) groups is 1. The molecule has 1 aromatic heterocycles. The molecule has 1 aliphatic rings. The predicted molar refractivity (Wildman–Crippen MR) is 107 cm³/mol. The zero-order valence-corrected chi connectivity index (χ0v) is 16.1. The molecular formula is C20H17N3O4S. The SMILES string of the molecule is COc1ccc(-c2csc(N(/N=C/c3ccc4c(c3)OCO4)C(C)=O)n2)cc1. The Morgan fingerprint density at radius 2 is 2.00 bits per heavy atom. The number of rotatable bonds is 5. The Morgan fingerprint density at radius 3 is 2.75 bits per heavy atom. The van der Waals surface area contributed by atoms with Crippen LogP contribution in [0, 0.1) is 0 Å². The number of hydrogen-bond donors (Lipinski definition) is 0. The van der Waals surface area contributed by atoms with E-state index in [1.165, 1.54) is 23.3 Å². The maximum Gasteiger partial charge on any atom is 0.246 e. The molecule has 28 heavy (non-hydrogen) atoms. The molecule has 7 nitrogen and oxygen atoms in total. The van der Waals surface area contributed by atoms with Crippen LogP contribution in [0.4, 0.5) is 5.13 Å². The van der Waals surface area contributed by atoms with E-state index in [1.807, 2.05) is 47.8 Å². The highest BCUT2D eigenvalue weighted by Crippen LogP contribution is 2.32. The molecule has 0 saturated heterocycles. The number of amides is 1. The van der Waals surface area contributed by atoms with Crippen molar-refractivity contribution in [1.82, 2.24) is 4.98 Å². The van der Waals surface area contributed by atoms with Gasteiger partial charge in [-0.15, -0.1) is 11.3 Å². The number of anilines is 1. The Morgan fingerprint density at radius 1 is 1.21 bits per heavy atom. The molecule has 2 heterocycles. The minimum absolute atomic E-state index is 0.211. The summed E-state index contributed by atoms with van der Waals surface area (Å²) in [5, 5.41) is 7.98. The topological polar surface area (TPSA) is 73.2 Å². The summed E-state index contributed by atoms with van der Waals surface area (Å²) in [4.78, 5) is 16.7. The van der Waals surface area contributed by atoms with E-state index >= 15 is 0 Å². The molecular weight excluding hydrogens is 378 g/mol. The minimum Gasteiger partial charge on any atom is -0.497 e. The average molecular weight is 395 g/mol. The van der Waals surface area contributed by atoms with Crippen molar-refractivity contribution < 1.29 is 19.0 Å². The molecule has 0 unspecified atom stereocenters. The molecule has 0 fully saturated rings. The van der Waals surface area contributed by atoms with Gasteiger partial charge < -0.3 is 14.2 Å². The second kappa shape index (κ2) is 7.69. The predicted octanol–water partition coefficient (Wildman–Crippen LogP) is 3.93. The molecule has 0 saturated carbocycles. The van der Waals surface area contributed by atoms with Gasteiger partial charge in [-0.25, -0.2) is 4.98 Å². The molecule has 0 spiro atoms. The van der Waals surface area contributed by atoms with E-state index in [0.29, 0.717) is 16.6 Å². The number of hydrogen-bond acceptors (Lipinski definition) is 7. The highest BCUT2D eigenvalue weighted by Gasteiger charge is 2.16. The summed E-state index contributed by atoms with van der Waals surface area (Å²) in [6, 6.07) is 13.1. The third kappa shape index (κ3) is 3.67. The van der Waals surface area contributed by atoms with Crippen molar-refractivity contribution >= 4 is 28.6 Å². The van der Waals surface area contributed by atoms with E-state index in [9.17, 15) is 4.79 Å². The Balaban J connectivity index is 1.56. The smallest absolute Gasteiger partial charge is 0.246 e. The van der Waals surface area contributed by atoms with Crippen LogP contribution in [0.5, 0.6) is 17.2 Å². The van der Waals surface area contributed by atoms with Gasteiger partial charge in [0.2, 0.25) is 17.8 Å². The Kier molecular flexibility index (Phi) is 4.94. The standard InChI is InChI=1S/C20H17N3O4S/c1-13(24)23(21-10-14-3-8-18-19(9-14)27-12-26-18)20-22-17(11-28-20)15-4-6-16(25-2)7-5-15/h3-11H,12H2,1-2H3/b21-10+. The quantitative estimate of drug-likeness (QED) is 0.483. The van der Waals surface area contributed by atoms with Crippen molar-refractivity contribution in [2.75, 3.05) is 18.9 Å². The monoisotopic (exact) mass is 395 g/mol. The number of hydrazone groups is 1. The third-order valence-electron chi connectivity index (χ3n) is 4.08. The normalized spacial score (nSPS) is 12.4. The number of fused-ring (bicyclic) bond motifs is 1. The van der Waals surface area contributed by atoms with Crippen LogP contribution >= 0.6 is 11.3 Å². The van der Waals surface area contributed by atoms with Crippen LogP contribution in [-0.4, -0.2) is 31.0 Å². The van der Waals surface area contributed by atoms with Crippen LogP contribution < -0.4 is 19.2 Å². The van der Waals surface area contributed by atoms with Gasteiger partial charge in [0.15, 0.2) is 11.5 Å². The lowest BCUT2D eigenvalue weighted by Crippen LogP contribution is -2.22. The summed E-state index contributed by atoms with van der Waals surface area (Å²) in [6.07, 6.45) is 1.60. The third-order valence-corrected chi connectivity index (χ3v) is 4.89. The summed E-state index contributed by atoms with van der Waals surface area (Å²) in [6.45, 7) is 1.66. The van der Waals surface area contributed by atoms with Gasteiger partial charge >= 0.3 is 0 Å². The maximum atomic E-state index is 12.1. The van der Waals surface area contributed by atoms with Crippen LogP contribution in [0.2, 0.25) is 0 Å². The van der Waals surface area contributed by atoms with Crippen molar-refractivity contribution in [2.24, 2.45) is 5.10 Å². The lowest BCUT2D eigenvalue weighted by atomic mass is 10.2. The summed E-state index contributed by atoms with van der Waals surface area (Å²) < 4.78 is 15.8. The fraction of sp³-hybridized carbons (Fsp3) is 0.150. The number of aromatic nitrogens is 1. The van der Waals surface area contributed by atoms with Crippen molar-refractivity contribution in [3.8, 4) is 28.5 Å². The average Bonchev–Trinajstić information content (AvgIpc) is 3.37. The second-order valence-electron chi connectivity index (χ2n) is 5.93. The molecule has 2 aromatic carbocycles. The van der Waals surface area contributed by atoms with Crippen molar-refractivity contribution in [2.45, 2.75) is 6.92 Å². The highest BCUT2D eigenvalue weighted by atomic mass is 32.1. The van der Waals surface area contributed by atoms with Gasteiger partial charge in [-0.05, 0) is 48.0 Å². The van der Waals surface area contributed by atoms with Gasteiger partial charge in [0, 0.05) is 17.9 Å². The molecule has 0 atom stereocenters. The van der Waals surface area contributed by atoms with Crippen LogP contribution in [0.15, 0.2) is 52.9 Å². The van der Waals surface area contributed by atoms with Gasteiger partial charge in [0.05, 0.1) is 19.0 Å². The first kappa shape index (κ1) is 18.0. The molecule has 8 heteroatoms. The van der Waals surface area contributed by atoms with E-state index in [1.54, 1.807) is 13.3 Å². The Bertz CT molecular complexity index is 1030. The summed E-state index contributed by atoms with van der Waals surface area (Å²) in [5.41, 5.74) is 2.50. The van der Waals surface area contributed by atoms with Gasteiger partial charge in [-0.1, -0.05) is 0 Å². The molecule has 1 amide bonds. The van der Waals surface area contributed by atoms with Crippen molar-refractivity contribution in [3.63, 3.8) is 0 Å². The summed E-state index contributed by atoms with van der Waals surface area (Å²) >= 11 is 1.35. The summed E-state index contributed by atoms with van der Waals surface area (Å²) in [5.74, 6) is 1.91. The molecule has 4 rings (SSSR count). The van der Waals surface area contributed by atoms with E-state index < -0.39 is 0 Å². The molecule has 0 aliphatic carbocycles. The lowest BCUT2D eigenvalue weighted by molar-refractivity contribution is -0.116. The number of methoxy groups -OCH3 is 1. The van der Waals surface area contributed by atoms with Crippen molar-refractivity contribution in [1.29, 1.82) is 0 Å². The van der Waals surface area contributed by atoms with E-state index in [0.717, 1.165) is 22.6 Å². The number of carbonyl (C=O) groups excluding carboxylic acids is 1. The van der Waals surface area contributed by atoms with Gasteiger partial charge in [-0.3, -0.25) is 4.79 Å². The molecule has 0 N–H and O–H groups in total. The fourth-order valence-corrected chi connectivity index (χ4v) is 3.47. The molecule has 3 aromatic rings. The number of nitrogens with zero attached hydrogens (tertiary/aromatic N) is 3. The Hall–Kier alpha value is -3.39. The van der Waals surface area contributed by atoms with Gasteiger partial charge in [-0.2, -0.15) is 10.1 Å². The minimum atomic E-state index is -0.229. The van der Waals surface area contributed by atoms with Gasteiger partial charge in [0.1, 0.15) is 5.75 Å². The van der Waals surface area contributed by atoms with E-state index in [-0.39, 0.29) is 12.7 Å². The van der Waals surface area contributed by atoms with Gasteiger partial charge in [0.25, 0.3) is 0 Å². The highest BCUT2D eigenvalue weighted by molar-refractivity contribution is 7.14. The largest absolute Gasteiger partial charge is 0.497 e. The number of thiazole rings is 1. The second-order valence-corrected chi connectivity index (χ2v) is 6.77. The van der Waals surface area contributed by atoms with E-state index in [2.05, 4.69) is 10.1 Å². The molecule has 142 valence electrons. The van der Waals surface area contributed by atoms with Crippen LogP contribution in [-0.2, 0) is 4.79 Å². The Labute approximate surface area is 165 Å². The van der Waals surface area contributed by atoms with Crippen LogP contribution in [0.25, 0.3) is 11.3 Å². The zero-order valence-electron chi connectivity index (χ0n) is 15.3. The molecule has 0 bridgehead atoms. The van der Waals surface area contributed by atoms with E-state index in [4.69, 9.17) is 14.2 Å². The summed E-state index contributed by atoms with van der Waals surface area (Å²) in [7, 11) is 1.62. The van der Waals surface area contributed by atoms with Crippen LogP contribution in [0.3, 0.4) is 0 Å². The first-order chi connectivity index (χ1) is 13.6. The number of ether oxygens (including phenoxy) is 3. The molecule has 0 radical (unpaired) electrons. The maximum absolute atomic E-state index is 12.1. The lowest BCUT2D eigenvalue weighted by Gasteiger charge is -2.10. The zero-order chi connectivity index (χ0) is 19.5. The number of benzene rings is 2. The van der Waals surface area contributed by atoms with Crippen LogP contribution in [0.1, 0.15) is 12.5 Å². The fourth-order valence-electron chi connectivity index (χ4n) is 2.64.